The monoisotopic (exact) mass is 252 g/mol. The average Bonchev–Trinajstić information content (AvgIpc) is 2.77. The molecule has 4 heteroatoms. The largest absolute Gasteiger partial charge is 0.310 e. The maximum absolute atomic E-state index is 4.23. The lowest BCUT2D eigenvalue weighted by molar-refractivity contribution is 0.550. The summed E-state index contributed by atoms with van der Waals surface area (Å²) >= 11 is 0. The molecule has 0 radical (unpaired) electrons. The summed E-state index contributed by atoms with van der Waals surface area (Å²) in [4.78, 5) is 4.18. The highest BCUT2D eigenvalue weighted by molar-refractivity contribution is 4.79. The molecule has 0 aromatic carbocycles. The summed E-state index contributed by atoms with van der Waals surface area (Å²) in [6.45, 7) is 4.13. The van der Waals surface area contributed by atoms with Crippen LogP contribution in [0.5, 0.6) is 0 Å². The van der Waals surface area contributed by atoms with Gasteiger partial charge in [0.15, 0.2) is 5.82 Å². The first-order valence-corrected chi connectivity index (χ1v) is 7.38. The van der Waals surface area contributed by atoms with Gasteiger partial charge in [-0.05, 0) is 13.0 Å². The normalized spacial score (nSPS) is 11.0. The quantitative estimate of drug-likeness (QED) is 0.616. The molecule has 0 atom stereocenters. The van der Waals surface area contributed by atoms with E-state index in [1.54, 1.807) is 11.0 Å². The third-order valence-corrected chi connectivity index (χ3v) is 3.14. The standard InChI is InChI=1S/C14H28N4/c1-3-4-5-6-7-8-9-10-11-15-12-14-16-13-18(2)17-14/h13,15H,3-12H2,1-2H3. The maximum Gasteiger partial charge on any atom is 0.164 e. The van der Waals surface area contributed by atoms with Crippen LogP contribution >= 0.6 is 0 Å². The summed E-state index contributed by atoms with van der Waals surface area (Å²) in [6.07, 6.45) is 12.7. The van der Waals surface area contributed by atoms with Crippen LogP contribution in [0.2, 0.25) is 0 Å². The van der Waals surface area contributed by atoms with E-state index in [1.807, 2.05) is 7.05 Å². The van der Waals surface area contributed by atoms with Gasteiger partial charge in [-0.1, -0.05) is 51.9 Å². The van der Waals surface area contributed by atoms with Gasteiger partial charge in [0.25, 0.3) is 0 Å². The summed E-state index contributed by atoms with van der Waals surface area (Å²) in [5.41, 5.74) is 0. The fraction of sp³-hybridized carbons (Fsp3) is 0.857. The molecule has 1 N–H and O–H groups in total. The highest BCUT2D eigenvalue weighted by atomic mass is 15.3. The van der Waals surface area contributed by atoms with E-state index in [4.69, 9.17) is 0 Å². The van der Waals surface area contributed by atoms with Gasteiger partial charge in [0, 0.05) is 7.05 Å². The van der Waals surface area contributed by atoms with Crippen LogP contribution in [-0.2, 0) is 13.6 Å². The summed E-state index contributed by atoms with van der Waals surface area (Å²) in [6, 6.07) is 0. The number of rotatable bonds is 11. The second kappa shape index (κ2) is 10.1. The smallest absolute Gasteiger partial charge is 0.164 e. The van der Waals surface area contributed by atoms with E-state index >= 15 is 0 Å². The van der Waals surface area contributed by atoms with Crippen molar-refractivity contribution in [3.8, 4) is 0 Å². The molecule has 4 nitrogen and oxygen atoms in total. The van der Waals surface area contributed by atoms with Gasteiger partial charge in [-0.2, -0.15) is 5.10 Å². The first kappa shape index (κ1) is 15.2. The van der Waals surface area contributed by atoms with E-state index in [1.165, 1.54) is 51.4 Å². The van der Waals surface area contributed by atoms with E-state index in [0.29, 0.717) is 0 Å². The molecule has 1 aromatic rings. The summed E-state index contributed by atoms with van der Waals surface area (Å²) < 4.78 is 1.74. The SMILES string of the molecule is CCCCCCCCCCNCc1ncn(C)n1. The van der Waals surface area contributed by atoms with Crippen molar-refractivity contribution in [2.24, 2.45) is 7.05 Å². The molecule has 104 valence electrons. The zero-order valence-electron chi connectivity index (χ0n) is 12.0. The average molecular weight is 252 g/mol. The van der Waals surface area contributed by atoms with E-state index in [2.05, 4.69) is 22.3 Å². The number of aryl methyl sites for hydroxylation is 1. The van der Waals surface area contributed by atoms with Gasteiger partial charge in [0.1, 0.15) is 6.33 Å². The van der Waals surface area contributed by atoms with Crippen molar-refractivity contribution < 1.29 is 0 Å². The van der Waals surface area contributed by atoms with E-state index in [0.717, 1.165) is 18.9 Å². The molecule has 0 aliphatic carbocycles. The van der Waals surface area contributed by atoms with Crippen molar-refractivity contribution in [1.29, 1.82) is 0 Å². The van der Waals surface area contributed by atoms with Crippen molar-refractivity contribution in [2.45, 2.75) is 64.8 Å². The molecule has 0 saturated heterocycles. The second-order valence-electron chi connectivity index (χ2n) is 4.99. The van der Waals surface area contributed by atoms with Crippen LogP contribution in [0.15, 0.2) is 6.33 Å². The highest BCUT2D eigenvalue weighted by Gasteiger charge is 1.97. The van der Waals surface area contributed by atoms with E-state index < -0.39 is 0 Å². The molecule has 1 rings (SSSR count). The molecular weight excluding hydrogens is 224 g/mol. The Morgan fingerprint density at radius 1 is 1.06 bits per heavy atom. The predicted molar refractivity (Wildman–Crippen MR) is 75.3 cm³/mol. The number of nitrogens with zero attached hydrogens (tertiary/aromatic N) is 3. The fourth-order valence-electron chi connectivity index (χ4n) is 2.05. The predicted octanol–water partition coefficient (Wildman–Crippen LogP) is 3.05. The van der Waals surface area contributed by atoms with Gasteiger partial charge in [-0.3, -0.25) is 4.68 Å². The van der Waals surface area contributed by atoms with Crippen LogP contribution in [0, 0.1) is 0 Å². The lowest BCUT2D eigenvalue weighted by Gasteiger charge is -2.03. The number of nitrogens with one attached hydrogen (secondary N) is 1. The highest BCUT2D eigenvalue weighted by Crippen LogP contribution is 2.07. The second-order valence-corrected chi connectivity index (χ2v) is 4.99. The molecule has 0 amide bonds. The Kier molecular flexibility index (Phi) is 8.47. The minimum absolute atomic E-state index is 0.789. The van der Waals surface area contributed by atoms with Crippen molar-refractivity contribution in [1.82, 2.24) is 20.1 Å². The minimum Gasteiger partial charge on any atom is -0.310 e. The molecule has 0 fully saturated rings. The Balaban J connectivity index is 1.81. The molecule has 18 heavy (non-hydrogen) atoms. The number of unbranched alkanes of at least 4 members (excludes halogenated alkanes) is 7. The zero-order valence-corrected chi connectivity index (χ0v) is 12.0. The van der Waals surface area contributed by atoms with Crippen LogP contribution in [0.3, 0.4) is 0 Å². The van der Waals surface area contributed by atoms with Crippen molar-refractivity contribution in [3.63, 3.8) is 0 Å². The van der Waals surface area contributed by atoms with Crippen molar-refractivity contribution in [2.75, 3.05) is 6.54 Å². The molecule has 1 heterocycles. The minimum atomic E-state index is 0.789. The van der Waals surface area contributed by atoms with Gasteiger partial charge in [0.2, 0.25) is 0 Å². The molecule has 0 saturated carbocycles. The summed E-state index contributed by atoms with van der Waals surface area (Å²) in [5, 5.41) is 7.62. The van der Waals surface area contributed by atoms with Gasteiger partial charge in [0.05, 0.1) is 6.54 Å². The Labute approximate surface area is 111 Å². The Hall–Kier alpha value is -0.900. The first-order chi connectivity index (χ1) is 8.83. The summed E-state index contributed by atoms with van der Waals surface area (Å²) in [7, 11) is 1.90. The zero-order chi connectivity index (χ0) is 13.1. The van der Waals surface area contributed by atoms with Gasteiger partial charge in [-0.25, -0.2) is 4.98 Å². The molecule has 0 aliphatic rings. The van der Waals surface area contributed by atoms with E-state index in [-0.39, 0.29) is 0 Å². The van der Waals surface area contributed by atoms with Crippen LogP contribution in [0.25, 0.3) is 0 Å². The number of hydrogen-bond acceptors (Lipinski definition) is 3. The molecular formula is C14H28N4. The van der Waals surface area contributed by atoms with Gasteiger partial charge < -0.3 is 5.32 Å². The third-order valence-electron chi connectivity index (χ3n) is 3.14. The lowest BCUT2D eigenvalue weighted by atomic mass is 10.1. The maximum atomic E-state index is 4.23. The Morgan fingerprint density at radius 2 is 1.72 bits per heavy atom. The molecule has 1 aromatic heterocycles. The lowest BCUT2D eigenvalue weighted by Crippen LogP contribution is -2.15. The van der Waals surface area contributed by atoms with Gasteiger partial charge in [-0.15, -0.1) is 0 Å². The van der Waals surface area contributed by atoms with Crippen molar-refractivity contribution >= 4 is 0 Å². The van der Waals surface area contributed by atoms with Gasteiger partial charge >= 0.3 is 0 Å². The van der Waals surface area contributed by atoms with Crippen molar-refractivity contribution in [3.05, 3.63) is 12.2 Å². The Morgan fingerprint density at radius 3 is 2.33 bits per heavy atom. The first-order valence-electron chi connectivity index (χ1n) is 7.38. The fourth-order valence-corrected chi connectivity index (χ4v) is 2.05. The topological polar surface area (TPSA) is 42.7 Å². The van der Waals surface area contributed by atoms with Crippen LogP contribution in [0.1, 0.15) is 64.1 Å². The molecule has 0 aliphatic heterocycles. The van der Waals surface area contributed by atoms with Crippen LogP contribution in [0.4, 0.5) is 0 Å². The van der Waals surface area contributed by atoms with E-state index in [9.17, 15) is 0 Å². The molecule has 0 bridgehead atoms. The van der Waals surface area contributed by atoms with Crippen LogP contribution < -0.4 is 5.32 Å². The summed E-state index contributed by atoms with van der Waals surface area (Å²) in [5.74, 6) is 0.886. The molecule has 0 unspecified atom stereocenters. The third kappa shape index (κ3) is 7.43. The number of hydrogen-bond donors (Lipinski definition) is 1. The Bertz CT molecular complexity index is 296. The number of aromatic nitrogens is 3. The van der Waals surface area contributed by atoms with Crippen LogP contribution in [-0.4, -0.2) is 21.3 Å². The molecule has 0 spiro atoms.